The molecular weight excluding hydrogens is 228 g/mol. The maximum atomic E-state index is 11.8. The van der Waals surface area contributed by atoms with Crippen LogP contribution >= 0.6 is 0 Å². The third kappa shape index (κ3) is 2.95. The summed E-state index contributed by atoms with van der Waals surface area (Å²) in [5.41, 5.74) is 7.24. The molecule has 0 saturated heterocycles. The largest absolute Gasteiger partial charge is 0.351 e. The first kappa shape index (κ1) is 12.3. The van der Waals surface area contributed by atoms with Crippen LogP contribution in [0.5, 0.6) is 0 Å². The molecule has 1 aromatic carbocycles. The fourth-order valence-corrected chi connectivity index (χ4v) is 1.77. The molecule has 0 aliphatic rings. The van der Waals surface area contributed by atoms with Gasteiger partial charge < -0.3 is 15.6 Å². The third-order valence-electron chi connectivity index (χ3n) is 2.69. The van der Waals surface area contributed by atoms with Gasteiger partial charge in [0.15, 0.2) is 0 Å². The number of rotatable bonds is 5. The number of anilines is 1. The minimum atomic E-state index is -0.0864. The van der Waals surface area contributed by atoms with E-state index in [2.05, 4.69) is 9.97 Å². The first-order valence-electron chi connectivity index (χ1n) is 5.84. The van der Waals surface area contributed by atoms with Crippen molar-refractivity contribution in [2.75, 3.05) is 18.0 Å². The number of H-pyrrole nitrogens is 1. The molecule has 5 nitrogen and oxygen atoms in total. The number of benzene rings is 1. The third-order valence-corrected chi connectivity index (χ3v) is 2.69. The molecule has 0 atom stereocenters. The minimum absolute atomic E-state index is 0.00938. The van der Waals surface area contributed by atoms with Gasteiger partial charge in [-0.25, -0.2) is 4.98 Å². The molecule has 1 amide bonds. The van der Waals surface area contributed by atoms with Gasteiger partial charge in [0, 0.05) is 24.8 Å². The number of imidazole rings is 1. The second kappa shape index (κ2) is 5.97. The average molecular weight is 244 g/mol. The number of nitrogens with zero attached hydrogens (tertiary/aromatic N) is 2. The number of nitrogens with one attached hydrogen (secondary N) is 1. The predicted octanol–water partition coefficient (Wildman–Crippen LogP) is 0.944. The molecule has 0 fully saturated rings. The lowest BCUT2D eigenvalue weighted by molar-refractivity contribution is -0.117. The van der Waals surface area contributed by atoms with Crippen LogP contribution in [0.2, 0.25) is 0 Å². The lowest BCUT2D eigenvalue weighted by Crippen LogP contribution is -2.37. The van der Waals surface area contributed by atoms with E-state index >= 15 is 0 Å². The summed E-state index contributed by atoms with van der Waals surface area (Å²) in [5, 5.41) is 0. The maximum absolute atomic E-state index is 11.8. The SMILES string of the molecule is NCC(=O)N(CCc1c[nH]cn1)c1ccccc1. The zero-order valence-electron chi connectivity index (χ0n) is 10.0. The summed E-state index contributed by atoms with van der Waals surface area (Å²) >= 11 is 0. The monoisotopic (exact) mass is 244 g/mol. The van der Waals surface area contributed by atoms with Crippen LogP contribution in [-0.2, 0) is 11.2 Å². The number of nitrogens with two attached hydrogens (primary N) is 1. The van der Waals surface area contributed by atoms with Crippen molar-refractivity contribution in [1.82, 2.24) is 9.97 Å². The first-order chi connectivity index (χ1) is 8.81. The molecule has 0 radical (unpaired) electrons. The molecule has 2 aromatic rings. The van der Waals surface area contributed by atoms with Crippen molar-refractivity contribution in [3.05, 3.63) is 48.5 Å². The van der Waals surface area contributed by atoms with E-state index in [1.54, 1.807) is 11.2 Å². The highest BCUT2D eigenvalue weighted by Gasteiger charge is 2.13. The van der Waals surface area contributed by atoms with Gasteiger partial charge in [0.2, 0.25) is 5.91 Å². The van der Waals surface area contributed by atoms with E-state index < -0.39 is 0 Å². The Labute approximate surface area is 106 Å². The quantitative estimate of drug-likeness (QED) is 0.822. The molecule has 0 unspecified atom stereocenters. The molecule has 5 heteroatoms. The van der Waals surface area contributed by atoms with Gasteiger partial charge in [-0.05, 0) is 12.1 Å². The van der Waals surface area contributed by atoms with Crippen molar-refractivity contribution in [3.63, 3.8) is 0 Å². The van der Waals surface area contributed by atoms with Gasteiger partial charge >= 0.3 is 0 Å². The summed E-state index contributed by atoms with van der Waals surface area (Å²) in [5.74, 6) is -0.0864. The van der Waals surface area contributed by atoms with E-state index in [-0.39, 0.29) is 12.5 Å². The van der Waals surface area contributed by atoms with Gasteiger partial charge in [0.25, 0.3) is 0 Å². The highest BCUT2D eigenvalue weighted by molar-refractivity contribution is 5.94. The van der Waals surface area contributed by atoms with Crippen molar-refractivity contribution in [3.8, 4) is 0 Å². The Morgan fingerprint density at radius 1 is 1.33 bits per heavy atom. The highest BCUT2D eigenvalue weighted by Crippen LogP contribution is 2.13. The van der Waals surface area contributed by atoms with E-state index in [9.17, 15) is 4.79 Å². The minimum Gasteiger partial charge on any atom is -0.351 e. The molecule has 0 aliphatic carbocycles. The summed E-state index contributed by atoms with van der Waals surface area (Å²) in [7, 11) is 0. The summed E-state index contributed by atoms with van der Waals surface area (Å²) < 4.78 is 0. The van der Waals surface area contributed by atoms with Gasteiger partial charge in [-0.3, -0.25) is 4.79 Å². The van der Waals surface area contributed by atoms with Crippen LogP contribution in [0.4, 0.5) is 5.69 Å². The maximum Gasteiger partial charge on any atom is 0.240 e. The summed E-state index contributed by atoms with van der Waals surface area (Å²) in [6.07, 6.45) is 4.16. The Kier molecular flexibility index (Phi) is 4.09. The number of amides is 1. The Hall–Kier alpha value is -2.14. The normalized spacial score (nSPS) is 10.3. The topological polar surface area (TPSA) is 75.0 Å². The number of para-hydroxylation sites is 1. The number of aromatic nitrogens is 2. The van der Waals surface area contributed by atoms with Gasteiger partial charge in [0.05, 0.1) is 18.6 Å². The zero-order valence-corrected chi connectivity index (χ0v) is 10.0. The highest BCUT2D eigenvalue weighted by atomic mass is 16.2. The van der Waals surface area contributed by atoms with Crippen molar-refractivity contribution < 1.29 is 4.79 Å². The van der Waals surface area contributed by atoms with Gasteiger partial charge in [-0.1, -0.05) is 18.2 Å². The van der Waals surface area contributed by atoms with E-state index in [0.717, 1.165) is 11.4 Å². The Balaban J connectivity index is 2.09. The fourth-order valence-electron chi connectivity index (χ4n) is 1.77. The second-order valence-corrected chi connectivity index (χ2v) is 3.90. The first-order valence-corrected chi connectivity index (χ1v) is 5.84. The zero-order chi connectivity index (χ0) is 12.8. The van der Waals surface area contributed by atoms with Gasteiger partial charge in [0.1, 0.15) is 0 Å². The van der Waals surface area contributed by atoms with Crippen LogP contribution in [-0.4, -0.2) is 29.0 Å². The molecule has 0 bridgehead atoms. The molecule has 18 heavy (non-hydrogen) atoms. The fraction of sp³-hybridized carbons (Fsp3) is 0.231. The van der Waals surface area contributed by atoms with Crippen molar-refractivity contribution >= 4 is 11.6 Å². The number of aromatic amines is 1. The van der Waals surface area contributed by atoms with Gasteiger partial charge in [-0.15, -0.1) is 0 Å². The summed E-state index contributed by atoms with van der Waals surface area (Å²) in [4.78, 5) is 20.6. The molecule has 0 aliphatic heterocycles. The smallest absolute Gasteiger partial charge is 0.240 e. The van der Waals surface area contributed by atoms with E-state index in [1.807, 2.05) is 36.5 Å². The number of hydrogen-bond donors (Lipinski definition) is 2. The Bertz CT molecular complexity index is 481. The second-order valence-electron chi connectivity index (χ2n) is 3.90. The van der Waals surface area contributed by atoms with Crippen molar-refractivity contribution in [1.29, 1.82) is 0 Å². The summed E-state index contributed by atoms with van der Waals surface area (Å²) in [6.45, 7) is 0.584. The molecular formula is C13H16N4O. The predicted molar refractivity (Wildman–Crippen MR) is 70.1 cm³/mol. The molecule has 1 aromatic heterocycles. The van der Waals surface area contributed by atoms with E-state index in [4.69, 9.17) is 5.73 Å². The Morgan fingerprint density at radius 3 is 2.72 bits per heavy atom. The number of carbonyl (C=O) groups excluding carboxylic acids is 1. The van der Waals surface area contributed by atoms with Gasteiger partial charge in [-0.2, -0.15) is 0 Å². The molecule has 94 valence electrons. The van der Waals surface area contributed by atoms with E-state index in [1.165, 1.54) is 0 Å². The van der Waals surface area contributed by atoms with Crippen LogP contribution in [0.15, 0.2) is 42.9 Å². The Morgan fingerprint density at radius 2 is 2.11 bits per heavy atom. The summed E-state index contributed by atoms with van der Waals surface area (Å²) in [6, 6.07) is 9.53. The number of hydrogen-bond acceptors (Lipinski definition) is 3. The molecule has 0 saturated carbocycles. The van der Waals surface area contributed by atoms with Crippen LogP contribution in [0.25, 0.3) is 0 Å². The molecule has 2 rings (SSSR count). The van der Waals surface area contributed by atoms with E-state index in [0.29, 0.717) is 13.0 Å². The van der Waals surface area contributed by atoms with Crippen LogP contribution in [0.1, 0.15) is 5.69 Å². The number of carbonyl (C=O) groups is 1. The lowest BCUT2D eigenvalue weighted by atomic mass is 10.2. The molecule has 3 N–H and O–H groups in total. The lowest BCUT2D eigenvalue weighted by Gasteiger charge is -2.21. The van der Waals surface area contributed by atoms with Crippen molar-refractivity contribution in [2.45, 2.75) is 6.42 Å². The van der Waals surface area contributed by atoms with Crippen LogP contribution in [0.3, 0.4) is 0 Å². The molecule has 1 heterocycles. The van der Waals surface area contributed by atoms with Crippen LogP contribution < -0.4 is 10.6 Å². The molecule has 0 spiro atoms. The standard InChI is InChI=1S/C13H16N4O/c14-8-13(18)17(12-4-2-1-3-5-12)7-6-11-9-15-10-16-11/h1-5,9-10H,6-8,14H2,(H,15,16). The van der Waals surface area contributed by atoms with Crippen LogP contribution in [0, 0.1) is 0 Å². The average Bonchev–Trinajstić information content (AvgIpc) is 2.93. The van der Waals surface area contributed by atoms with Crippen molar-refractivity contribution in [2.24, 2.45) is 5.73 Å².